The molecule has 0 spiro atoms. The minimum Gasteiger partial charge on any atom is -0.304 e. The quantitative estimate of drug-likeness (QED) is 0.121. The number of pyridine rings is 1. The van der Waals surface area contributed by atoms with E-state index in [9.17, 15) is 0 Å². The summed E-state index contributed by atoms with van der Waals surface area (Å²) in [6.07, 6.45) is 10.1. The molecular formula is C65H42IrN5. The van der Waals surface area contributed by atoms with Crippen molar-refractivity contribution in [3.63, 3.8) is 0 Å². The maximum atomic E-state index is 5.20. The number of hydrogen-bond acceptors (Lipinski definition) is 3. The first kappa shape index (κ1) is 44.7. The molecule has 0 saturated carbocycles. The molecule has 0 fully saturated rings. The summed E-state index contributed by atoms with van der Waals surface area (Å²) < 4.78 is 3.77. The van der Waals surface area contributed by atoms with Gasteiger partial charge in [0.1, 0.15) is 0 Å². The van der Waals surface area contributed by atoms with Gasteiger partial charge in [-0.15, -0.1) is 47.5 Å². The Kier molecular flexibility index (Phi) is 12.6. The number of para-hydroxylation sites is 2. The molecule has 3 heterocycles. The molecule has 0 atom stereocenters. The van der Waals surface area contributed by atoms with Gasteiger partial charge in [-0.3, -0.25) is 9.36 Å². The number of rotatable bonds is 11. The third-order valence-corrected chi connectivity index (χ3v) is 12.8. The number of aromatic nitrogens is 5. The maximum absolute atomic E-state index is 5.20. The van der Waals surface area contributed by atoms with Gasteiger partial charge < -0.3 is 4.98 Å². The van der Waals surface area contributed by atoms with Crippen molar-refractivity contribution in [3.05, 3.63) is 274 Å². The normalized spacial score (nSPS) is 11.0. The minimum absolute atomic E-state index is 0. The van der Waals surface area contributed by atoms with Crippen LogP contribution in [0.3, 0.4) is 0 Å². The van der Waals surface area contributed by atoms with Crippen LogP contribution in [0, 0.1) is 18.2 Å². The summed E-state index contributed by atoms with van der Waals surface area (Å²) in [6, 6.07) is 88.4. The molecule has 12 aromatic rings. The zero-order valence-electron chi connectivity index (χ0n) is 38.3. The van der Waals surface area contributed by atoms with Crippen molar-refractivity contribution in [2.45, 2.75) is 0 Å². The number of benzene rings is 9. The minimum atomic E-state index is 0. The van der Waals surface area contributed by atoms with Crippen LogP contribution in [0.1, 0.15) is 0 Å². The van der Waals surface area contributed by atoms with E-state index in [1.54, 1.807) is 0 Å². The van der Waals surface area contributed by atoms with E-state index < -0.39 is 0 Å². The summed E-state index contributed by atoms with van der Waals surface area (Å²) >= 11 is 0. The topological polar surface area (TPSA) is 48.5 Å². The van der Waals surface area contributed by atoms with Crippen molar-refractivity contribution in [3.8, 4) is 112 Å². The van der Waals surface area contributed by atoms with Crippen LogP contribution in [-0.4, -0.2) is 24.5 Å². The van der Waals surface area contributed by atoms with Crippen molar-refractivity contribution in [1.82, 2.24) is 24.5 Å². The van der Waals surface area contributed by atoms with Gasteiger partial charge in [0.05, 0.1) is 12.4 Å². The Morgan fingerprint density at radius 2 is 0.746 bits per heavy atom. The fraction of sp³-hybridized carbons (Fsp3) is 0. The van der Waals surface area contributed by atoms with E-state index in [1.165, 1.54) is 0 Å². The SMILES string of the molecule is [Ir+3].[c-]1ccc(-c2ccccc2)cc1-c1cc(-c2ccccc2)c(-c2ccccc2-c2cc(-c3ccccc3-c3cnn(-c4[c-]cccc4)c3)cc(-c3ccccc3-c3cnn(-c4[c-]cccc4)c3)c2)cn1. The van der Waals surface area contributed by atoms with Crippen LogP contribution >= 0.6 is 0 Å². The van der Waals surface area contributed by atoms with Gasteiger partial charge in [0.25, 0.3) is 0 Å². The van der Waals surface area contributed by atoms with E-state index in [4.69, 9.17) is 15.2 Å². The molecule has 0 radical (unpaired) electrons. The van der Waals surface area contributed by atoms with E-state index in [0.717, 1.165) is 112 Å². The third kappa shape index (κ3) is 9.14. The van der Waals surface area contributed by atoms with Crippen LogP contribution in [0.15, 0.2) is 255 Å². The van der Waals surface area contributed by atoms with Crippen molar-refractivity contribution >= 4 is 0 Å². The molecule has 0 unspecified atom stereocenters. The second-order valence-electron chi connectivity index (χ2n) is 17.1. The van der Waals surface area contributed by atoms with Crippen molar-refractivity contribution in [2.24, 2.45) is 0 Å². The monoisotopic (exact) mass is 1090 g/mol. The van der Waals surface area contributed by atoms with Crippen molar-refractivity contribution in [2.75, 3.05) is 0 Å². The van der Waals surface area contributed by atoms with E-state index in [0.29, 0.717) is 0 Å². The van der Waals surface area contributed by atoms with Crippen molar-refractivity contribution in [1.29, 1.82) is 0 Å². The maximum Gasteiger partial charge on any atom is 3.00 e. The molecule has 6 heteroatoms. The molecule has 0 aliphatic rings. The largest absolute Gasteiger partial charge is 3.00 e. The molecule has 0 amide bonds. The van der Waals surface area contributed by atoms with Crippen LogP contribution < -0.4 is 0 Å². The first-order valence-electron chi connectivity index (χ1n) is 23.3. The molecule has 0 aliphatic carbocycles. The molecule has 3 aromatic heterocycles. The first-order valence-corrected chi connectivity index (χ1v) is 23.3. The zero-order chi connectivity index (χ0) is 46.6. The molecule has 5 nitrogen and oxygen atoms in total. The molecule has 9 aromatic carbocycles. The first-order chi connectivity index (χ1) is 34.7. The van der Waals surface area contributed by atoms with Crippen LogP contribution in [0.4, 0.5) is 0 Å². The second kappa shape index (κ2) is 20.0. The third-order valence-electron chi connectivity index (χ3n) is 12.8. The van der Waals surface area contributed by atoms with E-state index in [2.05, 4.69) is 194 Å². The molecule has 0 aliphatic heterocycles. The Labute approximate surface area is 427 Å². The Bertz CT molecular complexity index is 3630. The molecule has 0 bridgehead atoms. The van der Waals surface area contributed by atoms with Gasteiger partial charge in [0, 0.05) is 35.3 Å². The van der Waals surface area contributed by atoms with Gasteiger partial charge >= 0.3 is 20.1 Å². The van der Waals surface area contributed by atoms with Gasteiger partial charge in [0.15, 0.2) is 0 Å². The fourth-order valence-electron chi connectivity index (χ4n) is 9.38. The second-order valence-corrected chi connectivity index (χ2v) is 17.1. The smallest absolute Gasteiger partial charge is 0.304 e. The zero-order valence-corrected chi connectivity index (χ0v) is 40.7. The standard InChI is InChI=1S/C65H42N5.Ir/c1-5-20-46(21-6-1)48-24-19-25-49(36-48)65-40-63(47-22-7-2-8-23-47)64(43-66-65)62-35-18-17-32-59(62)52-38-50(57-30-13-15-33-60(57)53-41-67-69(44-53)55-26-9-3-10-27-55)37-51(39-52)58-31-14-16-34-61(58)54-42-68-70(45-54)56-28-11-4-12-29-56;/h1-24,26,28,30-45H;/q-3;+3. The van der Waals surface area contributed by atoms with Crippen LogP contribution in [-0.2, 0) is 20.1 Å². The van der Waals surface area contributed by atoms with Crippen LogP contribution in [0.2, 0.25) is 0 Å². The molecule has 12 rings (SSSR count). The average Bonchev–Trinajstić information content (AvgIpc) is 4.16. The van der Waals surface area contributed by atoms with Crippen molar-refractivity contribution < 1.29 is 20.1 Å². The van der Waals surface area contributed by atoms with Gasteiger partial charge in [-0.1, -0.05) is 140 Å². The van der Waals surface area contributed by atoms with E-state index in [1.807, 2.05) is 88.6 Å². The Morgan fingerprint density at radius 1 is 0.296 bits per heavy atom. The summed E-state index contributed by atoms with van der Waals surface area (Å²) in [5.74, 6) is 0. The fourth-order valence-corrected chi connectivity index (χ4v) is 9.38. The van der Waals surface area contributed by atoms with Crippen LogP contribution in [0.25, 0.3) is 112 Å². The summed E-state index contributed by atoms with van der Waals surface area (Å²) in [4.78, 5) is 5.20. The van der Waals surface area contributed by atoms with Gasteiger partial charge in [-0.25, -0.2) is 0 Å². The van der Waals surface area contributed by atoms with E-state index >= 15 is 0 Å². The number of hydrogen-bond donors (Lipinski definition) is 0. The van der Waals surface area contributed by atoms with Gasteiger partial charge in [-0.2, -0.15) is 58.7 Å². The van der Waals surface area contributed by atoms with Gasteiger partial charge in [0.2, 0.25) is 0 Å². The molecule has 0 saturated heterocycles. The molecular weight excluding hydrogens is 1040 g/mol. The molecule has 71 heavy (non-hydrogen) atoms. The summed E-state index contributed by atoms with van der Waals surface area (Å²) in [5.41, 5.74) is 20.8. The summed E-state index contributed by atoms with van der Waals surface area (Å²) in [5, 5.41) is 9.57. The Morgan fingerprint density at radius 3 is 1.25 bits per heavy atom. The average molecular weight is 1090 g/mol. The summed E-state index contributed by atoms with van der Waals surface area (Å²) in [7, 11) is 0. The molecule has 0 N–H and O–H groups in total. The number of nitrogens with zero attached hydrogens (tertiary/aromatic N) is 5. The van der Waals surface area contributed by atoms with Gasteiger partial charge in [-0.05, 0) is 102 Å². The summed E-state index contributed by atoms with van der Waals surface area (Å²) in [6.45, 7) is 0. The van der Waals surface area contributed by atoms with Crippen LogP contribution in [0.5, 0.6) is 0 Å². The Hall–Kier alpha value is -8.80. The molecule has 336 valence electrons. The predicted molar refractivity (Wildman–Crippen MR) is 284 cm³/mol. The van der Waals surface area contributed by atoms with E-state index in [-0.39, 0.29) is 20.1 Å². The Balaban J connectivity index is 0.00000547. The predicted octanol–water partition coefficient (Wildman–Crippen LogP) is 15.9.